The van der Waals surface area contributed by atoms with E-state index in [4.69, 9.17) is 0 Å². The van der Waals surface area contributed by atoms with Gasteiger partial charge in [-0.3, -0.25) is 4.79 Å². The zero-order valence-electron chi connectivity index (χ0n) is 15.4. The standard InChI is InChI=1S/C21H26N2OS/c1-12-5-7-13(8-6-12)18-22-19(24)17-15-10-9-14(21(2,3)4)11-16(15)25-20(17)23-18/h5-8,14,18,23H,9-11H2,1-4H3,(H,22,24)/t14-,18+/m1/s1. The minimum absolute atomic E-state index is 0.0750. The van der Waals surface area contributed by atoms with Gasteiger partial charge in [0.2, 0.25) is 0 Å². The van der Waals surface area contributed by atoms with E-state index in [0.29, 0.717) is 11.3 Å². The van der Waals surface area contributed by atoms with Crippen molar-refractivity contribution in [2.75, 3.05) is 5.32 Å². The molecule has 0 unspecified atom stereocenters. The number of aryl methyl sites for hydroxylation is 1. The monoisotopic (exact) mass is 354 g/mol. The lowest BCUT2D eigenvalue weighted by molar-refractivity contribution is 0.0935. The summed E-state index contributed by atoms with van der Waals surface area (Å²) >= 11 is 1.79. The molecular formula is C21H26N2OS. The Kier molecular flexibility index (Phi) is 3.91. The molecule has 1 aromatic heterocycles. The first-order valence-electron chi connectivity index (χ1n) is 9.11. The molecule has 4 heteroatoms. The van der Waals surface area contributed by atoms with Gasteiger partial charge in [0.05, 0.1) is 5.56 Å². The highest BCUT2D eigenvalue weighted by molar-refractivity contribution is 7.16. The van der Waals surface area contributed by atoms with Crippen molar-refractivity contribution in [3.63, 3.8) is 0 Å². The number of amides is 1. The van der Waals surface area contributed by atoms with Crippen LogP contribution in [0.25, 0.3) is 0 Å². The Bertz CT molecular complexity index is 814. The zero-order chi connectivity index (χ0) is 17.8. The molecule has 2 aromatic rings. The first kappa shape index (κ1) is 16.6. The van der Waals surface area contributed by atoms with Crippen LogP contribution in [0.15, 0.2) is 24.3 Å². The summed E-state index contributed by atoms with van der Waals surface area (Å²) in [5.74, 6) is 0.766. The number of nitrogens with one attached hydrogen (secondary N) is 2. The van der Waals surface area contributed by atoms with Gasteiger partial charge in [-0.05, 0) is 48.6 Å². The van der Waals surface area contributed by atoms with Gasteiger partial charge in [0, 0.05) is 4.88 Å². The Morgan fingerprint density at radius 2 is 1.84 bits per heavy atom. The van der Waals surface area contributed by atoms with E-state index in [9.17, 15) is 4.79 Å². The molecule has 0 bridgehead atoms. The normalized spacial score (nSPS) is 22.6. The van der Waals surface area contributed by atoms with Gasteiger partial charge < -0.3 is 10.6 Å². The third kappa shape index (κ3) is 2.97. The number of hydrogen-bond acceptors (Lipinski definition) is 3. The topological polar surface area (TPSA) is 41.1 Å². The largest absolute Gasteiger partial charge is 0.353 e. The molecule has 1 aromatic carbocycles. The van der Waals surface area contributed by atoms with E-state index in [1.807, 2.05) is 0 Å². The van der Waals surface area contributed by atoms with Crippen LogP contribution in [0.3, 0.4) is 0 Å². The van der Waals surface area contributed by atoms with Crippen molar-refractivity contribution in [2.24, 2.45) is 11.3 Å². The Morgan fingerprint density at radius 3 is 2.52 bits per heavy atom. The van der Waals surface area contributed by atoms with Crippen LogP contribution >= 0.6 is 11.3 Å². The van der Waals surface area contributed by atoms with E-state index in [1.54, 1.807) is 11.3 Å². The van der Waals surface area contributed by atoms with Crippen LogP contribution in [0, 0.1) is 18.3 Å². The van der Waals surface area contributed by atoms with Crippen LogP contribution in [0.5, 0.6) is 0 Å². The van der Waals surface area contributed by atoms with E-state index in [1.165, 1.54) is 22.4 Å². The van der Waals surface area contributed by atoms with E-state index in [2.05, 4.69) is 62.6 Å². The van der Waals surface area contributed by atoms with Gasteiger partial charge in [-0.2, -0.15) is 0 Å². The summed E-state index contributed by atoms with van der Waals surface area (Å²) in [6.45, 7) is 9.06. The second kappa shape index (κ2) is 5.87. The van der Waals surface area contributed by atoms with Crippen molar-refractivity contribution < 1.29 is 4.79 Å². The summed E-state index contributed by atoms with van der Waals surface area (Å²) in [5.41, 5.74) is 4.83. The fourth-order valence-corrected chi connectivity index (χ4v) is 5.32. The Morgan fingerprint density at radius 1 is 1.12 bits per heavy atom. The minimum Gasteiger partial charge on any atom is -0.353 e. The van der Waals surface area contributed by atoms with Crippen molar-refractivity contribution in [1.29, 1.82) is 0 Å². The average molecular weight is 355 g/mol. The van der Waals surface area contributed by atoms with E-state index in [0.717, 1.165) is 29.0 Å². The summed E-state index contributed by atoms with van der Waals surface area (Å²) in [4.78, 5) is 14.2. The summed E-state index contributed by atoms with van der Waals surface area (Å²) in [6.07, 6.45) is 3.15. The fourth-order valence-electron chi connectivity index (χ4n) is 3.96. The average Bonchev–Trinajstić information content (AvgIpc) is 2.92. The quantitative estimate of drug-likeness (QED) is 0.751. The first-order chi connectivity index (χ1) is 11.8. The smallest absolute Gasteiger partial charge is 0.256 e. The molecule has 1 aliphatic carbocycles. The maximum Gasteiger partial charge on any atom is 0.256 e. The second-order valence-electron chi connectivity index (χ2n) is 8.48. The van der Waals surface area contributed by atoms with Crippen molar-refractivity contribution in [1.82, 2.24) is 5.32 Å². The molecular weight excluding hydrogens is 328 g/mol. The molecule has 3 nitrogen and oxygen atoms in total. The number of hydrogen-bond donors (Lipinski definition) is 2. The third-order valence-corrected chi connectivity index (χ3v) is 6.86. The lowest BCUT2D eigenvalue weighted by Gasteiger charge is -2.34. The number of rotatable bonds is 1. The molecule has 132 valence electrons. The predicted octanol–water partition coefficient (Wildman–Crippen LogP) is 5.06. The highest BCUT2D eigenvalue weighted by Gasteiger charge is 2.36. The number of carbonyl (C=O) groups is 1. The van der Waals surface area contributed by atoms with Crippen molar-refractivity contribution >= 4 is 22.2 Å². The Hall–Kier alpha value is -1.81. The van der Waals surface area contributed by atoms with Gasteiger partial charge in [0.1, 0.15) is 11.2 Å². The molecule has 2 N–H and O–H groups in total. The fraction of sp³-hybridized carbons (Fsp3) is 0.476. The Labute approximate surface area is 153 Å². The number of benzene rings is 1. The minimum atomic E-state index is -0.140. The number of carbonyl (C=O) groups excluding carboxylic acids is 1. The number of anilines is 1. The van der Waals surface area contributed by atoms with Crippen LogP contribution in [-0.4, -0.2) is 5.91 Å². The molecule has 25 heavy (non-hydrogen) atoms. The summed E-state index contributed by atoms with van der Waals surface area (Å²) in [5, 5.41) is 7.75. The molecule has 0 saturated carbocycles. The summed E-state index contributed by atoms with van der Waals surface area (Å²) < 4.78 is 0. The highest BCUT2D eigenvalue weighted by Crippen LogP contribution is 2.45. The third-order valence-electron chi connectivity index (χ3n) is 5.68. The van der Waals surface area contributed by atoms with Crippen LogP contribution in [0.1, 0.15) is 65.3 Å². The van der Waals surface area contributed by atoms with Gasteiger partial charge >= 0.3 is 0 Å². The highest BCUT2D eigenvalue weighted by atomic mass is 32.1. The molecule has 1 aliphatic heterocycles. The Balaban J connectivity index is 1.64. The van der Waals surface area contributed by atoms with Crippen LogP contribution in [0.4, 0.5) is 5.00 Å². The molecule has 0 radical (unpaired) electrons. The van der Waals surface area contributed by atoms with Crippen molar-refractivity contribution in [3.8, 4) is 0 Å². The van der Waals surface area contributed by atoms with Gasteiger partial charge in [-0.15, -0.1) is 11.3 Å². The molecule has 2 heterocycles. The zero-order valence-corrected chi connectivity index (χ0v) is 16.2. The second-order valence-corrected chi connectivity index (χ2v) is 9.58. The van der Waals surface area contributed by atoms with E-state index < -0.39 is 0 Å². The summed E-state index contributed by atoms with van der Waals surface area (Å²) in [7, 11) is 0. The SMILES string of the molecule is Cc1ccc([C@H]2NC(=O)c3c(sc4c3CC[C@@H](C(C)(C)C)C4)N2)cc1. The molecule has 0 spiro atoms. The van der Waals surface area contributed by atoms with Crippen LogP contribution in [0.2, 0.25) is 0 Å². The lowest BCUT2D eigenvalue weighted by atomic mass is 9.72. The van der Waals surface area contributed by atoms with Gasteiger partial charge in [-0.1, -0.05) is 50.6 Å². The number of thiophene rings is 1. The predicted molar refractivity (Wildman–Crippen MR) is 104 cm³/mol. The maximum atomic E-state index is 12.8. The van der Waals surface area contributed by atoms with Crippen molar-refractivity contribution in [2.45, 2.75) is 53.1 Å². The van der Waals surface area contributed by atoms with E-state index >= 15 is 0 Å². The molecule has 2 aliphatic rings. The number of fused-ring (bicyclic) bond motifs is 3. The summed E-state index contributed by atoms with van der Waals surface area (Å²) in [6, 6.07) is 8.35. The van der Waals surface area contributed by atoms with Gasteiger partial charge in [-0.25, -0.2) is 0 Å². The maximum absolute atomic E-state index is 12.8. The first-order valence-corrected chi connectivity index (χ1v) is 9.93. The lowest BCUT2D eigenvalue weighted by Crippen LogP contribution is -2.38. The van der Waals surface area contributed by atoms with Crippen LogP contribution in [-0.2, 0) is 12.8 Å². The van der Waals surface area contributed by atoms with Gasteiger partial charge in [0.25, 0.3) is 5.91 Å². The van der Waals surface area contributed by atoms with Crippen LogP contribution < -0.4 is 10.6 Å². The van der Waals surface area contributed by atoms with Gasteiger partial charge in [0.15, 0.2) is 0 Å². The molecule has 1 amide bonds. The molecule has 0 saturated heterocycles. The molecule has 0 fully saturated rings. The van der Waals surface area contributed by atoms with E-state index in [-0.39, 0.29) is 12.1 Å². The van der Waals surface area contributed by atoms with Crippen molar-refractivity contribution in [3.05, 3.63) is 51.4 Å². The molecule has 2 atom stereocenters. The molecule has 4 rings (SSSR count).